The van der Waals surface area contributed by atoms with E-state index in [9.17, 15) is 4.79 Å². The number of hydrogen-bond donors (Lipinski definition) is 3. The number of allylic oxidation sites excluding steroid dienone is 1. The number of nitrogens with zero attached hydrogens (tertiary/aromatic N) is 2. The number of aryl methyl sites for hydroxylation is 1. The third-order valence-corrected chi connectivity index (χ3v) is 3.79. The lowest BCUT2D eigenvalue weighted by Crippen LogP contribution is -2.24. The number of ether oxygens (including phenoxy) is 1. The highest BCUT2D eigenvalue weighted by atomic mass is 32.1. The van der Waals surface area contributed by atoms with Gasteiger partial charge in [-0.15, -0.1) is 11.3 Å². The van der Waals surface area contributed by atoms with E-state index in [1.54, 1.807) is 25.7 Å². The molecule has 2 heterocycles. The molecule has 2 aromatic heterocycles. The van der Waals surface area contributed by atoms with Crippen molar-refractivity contribution in [3.63, 3.8) is 0 Å². The van der Waals surface area contributed by atoms with E-state index in [4.69, 9.17) is 10.1 Å². The van der Waals surface area contributed by atoms with Gasteiger partial charge in [0, 0.05) is 24.8 Å². The summed E-state index contributed by atoms with van der Waals surface area (Å²) in [6.45, 7) is 1.91. The van der Waals surface area contributed by atoms with Crippen molar-refractivity contribution in [1.29, 1.82) is 5.41 Å². The molecular weight excluding hydrogens is 314 g/mol. The molecule has 2 aromatic rings. The van der Waals surface area contributed by atoms with Gasteiger partial charge in [-0.2, -0.15) is 0 Å². The molecule has 0 spiro atoms. The van der Waals surface area contributed by atoms with Crippen molar-refractivity contribution in [2.75, 3.05) is 14.2 Å². The molecule has 8 heteroatoms. The van der Waals surface area contributed by atoms with Gasteiger partial charge in [0.05, 0.1) is 19.0 Å². The molecule has 0 radical (unpaired) electrons. The Labute approximate surface area is 137 Å². The molecule has 0 aromatic carbocycles. The fraction of sp³-hybridized carbons (Fsp3) is 0.200. The Morgan fingerprint density at radius 2 is 2.26 bits per heavy atom. The van der Waals surface area contributed by atoms with Crippen LogP contribution in [0.1, 0.15) is 16.1 Å². The average molecular weight is 331 g/mol. The van der Waals surface area contributed by atoms with Crippen LogP contribution in [0.4, 0.5) is 0 Å². The highest BCUT2D eigenvalue weighted by Gasteiger charge is 2.15. The Bertz CT molecular complexity index is 754. The predicted molar refractivity (Wildman–Crippen MR) is 90.0 cm³/mol. The standard InChI is InChI=1S/C15H17N5O2S/c1-9-4-11(22-3)7-18-13(9)15-20-12(8-23-15)14(21)19-10(5-16)6-17-2/h4-8,16-17H,1-3H3,(H,19,21)/b10-6+,16-5?. The number of aromatic nitrogens is 2. The number of methoxy groups -OCH3 is 1. The Morgan fingerprint density at radius 1 is 1.48 bits per heavy atom. The lowest BCUT2D eigenvalue weighted by Gasteiger charge is -2.04. The number of amides is 1. The van der Waals surface area contributed by atoms with Gasteiger partial charge >= 0.3 is 0 Å². The fourth-order valence-corrected chi connectivity index (χ4v) is 2.70. The third kappa shape index (κ3) is 3.92. The van der Waals surface area contributed by atoms with Crippen molar-refractivity contribution in [2.24, 2.45) is 0 Å². The second kappa shape index (κ2) is 7.50. The number of carbonyl (C=O) groups is 1. The first-order valence-corrected chi connectivity index (χ1v) is 7.62. The number of hydrogen-bond acceptors (Lipinski definition) is 7. The van der Waals surface area contributed by atoms with Crippen LogP contribution in [0.25, 0.3) is 10.7 Å². The lowest BCUT2D eigenvalue weighted by atomic mass is 10.2. The van der Waals surface area contributed by atoms with Gasteiger partial charge in [0.25, 0.3) is 5.91 Å². The van der Waals surface area contributed by atoms with Gasteiger partial charge < -0.3 is 20.8 Å². The van der Waals surface area contributed by atoms with Crippen molar-refractivity contribution in [2.45, 2.75) is 6.92 Å². The van der Waals surface area contributed by atoms with Crippen LogP contribution in [0.15, 0.2) is 29.5 Å². The minimum atomic E-state index is -0.372. The molecule has 0 atom stereocenters. The van der Waals surface area contributed by atoms with Crippen LogP contribution in [0.2, 0.25) is 0 Å². The maximum atomic E-state index is 12.1. The SMILES string of the molecule is CN/C=C(\C=N)NC(=O)c1csc(-c2ncc(OC)cc2C)n1. The van der Waals surface area contributed by atoms with Crippen LogP contribution >= 0.6 is 11.3 Å². The minimum absolute atomic E-state index is 0.283. The molecule has 0 unspecified atom stereocenters. The van der Waals surface area contributed by atoms with Crippen LogP contribution in [0.5, 0.6) is 5.75 Å². The number of carbonyl (C=O) groups excluding carboxylic acids is 1. The molecule has 1 amide bonds. The largest absolute Gasteiger partial charge is 0.495 e. The molecule has 0 aliphatic carbocycles. The smallest absolute Gasteiger partial charge is 0.275 e. The highest BCUT2D eigenvalue weighted by Crippen LogP contribution is 2.27. The summed E-state index contributed by atoms with van der Waals surface area (Å²) in [5, 5.41) is 14.9. The number of rotatable bonds is 6. The first kappa shape index (κ1) is 16.6. The normalized spacial score (nSPS) is 11.0. The van der Waals surface area contributed by atoms with Crippen molar-refractivity contribution in [3.8, 4) is 16.5 Å². The van der Waals surface area contributed by atoms with Crippen molar-refractivity contribution < 1.29 is 9.53 Å². The molecule has 3 N–H and O–H groups in total. The molecular formula is C15H17N5O2S. The van der Waals surface area contributed by atoms with Crippen molar-refractivity contribution >= 4 is 23.5 Å². The summed E-state index contributed by atoms with van der Waals surface area (Å²) in [5.41, 5.74) is 2.27. The van der Waals surface area contributed by atoms with E-state index < -0.39 is 0 Å². The van der Waals surface area contributed by atoms with Crippen LogP contribution < -0.4 is 15.4 Å². The van der Waals surface area contributed by atoms with E-state index in [1.807, 2.05) is 13.0 Å². The molecule has 0 aliphatic rings. The van der Waals surface area contributed by atoms with E-state index in [0.717, 1.165) is 11.8 Å². The summed E-state index contributed by atoms with van der Waals surface area (Å²) in [6, 6.07) is 1.87. The topological polar surface area (TPSA) is 100.0 Å². The fourth-order valence-electron chi connectivity index (χ4n) is 1.84. The third-order valence-electron chi connectivity index (χ3n) is 2.94. The Balaban J connectivity index is 2.22. The van der Waals surface area contributed by atoms with E-state index in [-0.39, 0.29) is 11.6 Å². The summed E-state index contributed by atoms with van der Waals surface area (Å²) in [5.74, 6) is 0.303. The quantitative estimate of drug-likeness (QED) is 0.703. The molecule has 0 saturated heterocycles. The van der Waals surface area contributed by atoms with Gasteiger partial charge in [0.15, 0.2) is 0 Å². The summed E-state index contributed by atoms with van der Waals surface area (Å²) in [6.07, 6.45) is 4.19. The monoisotopic (exact) mass is 331 g/mol. The maximum absolute atomic E-state index is 12.1. The van der Waals surface area contributed by atoms with E-state index in [1.165, 1.54) is 17.5 Å². The highest BCUT2D eigenvalue weighted by molar-refractivity contribution is 7.13. The molecule has 23 heavy (non-hydrogen) atoms. The molecule has 0 bridgehead atoms. The van der Waals surface area contributed by atoms with Gasteiger partial charge in [-0.25, -0.2) is 9.97 Å². The molecule has 0 saturated carbocycles. The molecule has 2 rings (SSSR count). The average Bonchev–Trinajstić information content (AvgIpc) is 3.03. The van der Waals surface area contributed by atoms with Gasteiger partial charge in [-0.05, 0) is 18.6 Å². The molecule has 7 nitrogen and oxygen atoms in total. The van der Waals surface area contributed by atoms with Gasteiger partial charge in [-0.1, -0.05) is 0 Å². The van der Waals surface area contributed by atoms with Crippen LogP contribution in [0, 0.1) is 12.3 Å². The van der Waals surface area contributed by atoms with E-state index >= 15 is 0 Å². The molecule has 0 fully saturated rings. The first-order valence-electron chi connectivity index (χ1n) is 6.74. The predicted octanol–water partition coefficient (Wildman–Crippen LogP) is 1.96. The first-order chi connectivity index (χ1) is 11.1. The lowest BCUT2D eigenvalue weighted by molar-refractivity contribution is 0.0964. The zero-order valence-corrected chi connectivity index (χ0v) is 13.8. The van der Waals surface area contributed by atoms with Gasteiger partial charge in [0.2, 0.25) is 0 Å². The zero-order valence-electron chi connectivity index (χ0n) is 13.0. The number of nitrogens with one attached hydrogen (secondary N) is 3. The van der Waals surface area contributed by atoms with E-state index in [2.05, 4.69) is 20.6 Å². The maximum Gasteiger partial charge on any atom is 0.275 e. The summed E-state index contributed by atoms with van der Waals surface area (Å²) in [4.78, 5) is 20.8. The number of pyridine rings is 1. The summed E-state index contributed by atoms with van der Waals surface area (Å²) in [7, 11) is 3.27. The Morgan fingerprint density at radius 3 is 2.87 bits per heavy atom. The Kier molecular flexibility index (Phi) is 5.42. The van der Waals surface area contributed by atoms with E-state index in [0.29, 0.717) is 22.1 Å². The molecule has 0 aliphatic heterocycles. The second-order valence-electron chi connectivity index (χ2n) is 4.57. The zero-order chi connectivity index (χ0) is 16.8. The number of thiazole rings is 1. The van der Waals surface area contributed by atoms with Crippen LogP contribution in [0.3, 0.4) is 0 Å². The Hall–Kier alpha value is -2.74. The van der Waals surface area contributed by atoms with Crippen molar-refractivity contribution in [1.82, 2.24) is 20.6 Å². The minimum Gasteiger partial charge on any atom is -0.495 e. The molecule has 120 valence electrons. The van der Waals surface area contributed by atoms with Gasteiger partial charge in [-0.3, -0.25) is 4.79 Å². The van der Waals surface area contributed by atoms with Crippen LogP contribution in [-0.2, 0) is 0 Å². The van der Waals surface area contributed by atoms with Crippen LogP contribution in [-0.4, -0.2) is 36.2 Å². The van der Waals surface area contributed by atoms with Crippen molar-refractivity contribution in [3.05, 3.63) is 40.8 Å². The summed E-state index contributed by atoms with van der Waals surface area (Å²) >= 11 is 1.34. The van der Waals surface area contributed by atoms with Gasteiger partial charge in [0.1, 0.15) is 22.1 Å². The second-order valence-corrected chi connectivity index (χ2v) is 5.42. The summed E-state index contributed by atoms with van der Waals surface area (Å²) < 4.78 is 5.13.